The van der Waals surface area contributed by atoms with E-state index in [0.717, 1.165) is 11.3 Å². The number of nitrogens with one attached hydrogen (secondary N) is 2. The Morgan fingerprint density at radius 3 is 2.41 bits per heavy atom. The molecule has 2 aromatic carbocycles. The third kappa shape index (κ3) is 5.79. The van der Waals surface area contributed by atoms with Gasteiger partial charge in [-0.1, -0.05) is 24.3 Å². The van der Waals surface area contributed by atoms with Crippen molar-refractivity contribution >= 4 is 11.9 Å². The molecule has 144 valence electrons. The standard InChI is InChI=1S/C20H23FN2O4/c1-13-10-15(6-9-17(13)21)19(20(25)27-3)23-12-18(24)22-11-14-4-7-16(26-2)8-5-14/h4-10,19,23H,11-12H2,1-3H3,(H,22,24)/t19-/m1/s1. The lowest BCUT2D eigenvalue weighted by atomic mass is 10.0. The minimum atomic E-state index is -0.860. The van der Waals surface area contributed by atoms with Crippen LogP contribution in [0.3, 0.4) is 0 Å². The molecule has 0 fully saturated rings. The van der Waals surface area contributed by atoms with Gasteiger partial charge >= 0.3 is 5.97 Å². The van der Waals surface area contributed by atoms with Crippen molar-refractivity contribution in [2.75, 3.05) is 20.8 Å². The summed E-state index contributed by atoms with van der Waals surface area (Å²) < 4.78 is 23.3. The number of rotatable bonds is 8. The van der Waals surface area contributed by atoms with Crippen LogP contribution in [0.5, 0.6) is 5.75 Å². The highest BCUT2D eigenvalue weighted by molar-refractivity contribution is 5.81. The first-order valence-electron chi connectivity index (χ1n) is 8.41. The fourth-order valence-electron chi connectivity index (χ4n) is 2.50. The number of ether oxygens (including phenoxy) is 2. The Morgan fingerprint density at radius 2 is 1.81 bits per heavy atom. The van der Waals surface area contributed by atoms with Crippen LogP contribution < -0.4 is 15.4 Å². The number of aryl methyl sites for hydroxylation is 1. The highest BCUT2D eigenvalue weighted by Crippen LogP contribution is 2.18. The van der Waals surface area contributed by atoms with Crippen LogP contribution in [-0.4, -0.2) is 32.6 Å². The van der Waals surface area contributed by atoms with Crippen molar-refractivity contribution in [3.05, 3.63) is 65.0 Å². The number of halogens is 1. The molecular weight excluding hydrogens is 351 g/mol. The summed E-state index contributed by atoms with van der Waals surface area (Å²) in [6.45, 7) is 1.87. The number of methoxy groups -OCH3 is 2. The molecule has 27 heavy (non-hydrogen) atoms. The van der Waals surface area contributed by atoms with Crippen molar-refractivity contribution in [1.82, 2.24) is 10.6 Å². The second kappa shape index (κ2) is 9.68. The lowest BCUT2D eigenvalue weighted by molar-refractivity contribution is -0.143. The zero-order valence-corrected chi connectivity index (χ0v) is 15.5. The van der Waals surface area contributed by atoms with Gasteiger partial charge in [0.25, 0.3) is 0 Å². The molecule has 0 saturated heterocycles. The minimum absolute atomic E-state index is 0.0909. The Balaban J connectivity index is 1.94. The van der Waals surface area contributed by atoms with Crippen molar-refractivity contribution in [2.24, 2.45) is 0 Å². The molecule has 7 heteroatoms. The number of carbonyl (C=O) groups is 2. The number of esters is 1. The largest absolute Gasteiger partial charge is 0.497 e. The van der Waals surface area contributed by atoms with Crippen LogP contribution in [0.25, 0.3) is 0 Å². The average Bonchev–Trinajstić information content (AvgIpc) is 2.69. The second-order valence-electron chi connectivity index (χ2n) is 5.97. The maximum Gasteiger partial charge on any atom is 0.327 e. The summed E-state index contributed by atoms with van der Waals surface area (Å²) in [6.07, 6.45) is 0. The highest BCUT2D eigenvalue weighted by atomic mass is 19.1. The number of hydrogen-bond donors (Lipinski definition) is 2. The van der Waals surface area contributed by atoms with Gasteiger partial charge in [0.1, 0.15) is 17.6 Å². The summed E-state index contributed by atoms with van der Waals surface area (Å²) in [7, 11) is 2.85. The Labute approximate surface area is 157 Å². The van der Waals surface area contributed by atoms with Crippen molar-refractivity contribution in [1.29, 1.82) is 0 Å². The summed E-state index contributed by atoms with van der Waals surface area (Å²) in [6, 6.07) is 10.8. The summed E-state index contributed by atoms with van der Waals surface area (Å²) >= 11 is 0. The SMILES string of the molecule is COC(=O)[C@H](NCC(=O)NCc1ccc(OC)cc1)c1ccc(F)c(C)c1. The molecule has 0 aromatic heterocycles. The smallest absolute Gasteiger partial charge is 0.327 e. The van der Waals surface area contributed by atoms with Gasteiger partial charge in [-0.25, -0.2) is 9.18 Å². The lowest BCUT2D eigenvalue weighted by Gasteiger charge is -2.17. The summed E-state index contributed by atoms with van der Waals surface area (Å²) in [5, 5.41) is 5.62. The molecule has 0 radical (unpaired) electrons. The normalized spacial score (nSPS) is 11.6. The van der Waals surface area contributed by atoms with E-state index in [0.29, 0.717) is 17.7 Å². The van der Waals surface area contributed by atoms with E-state index in [1.807, 2.05) is 24.3 Å². The van der Waals surface area contributed by atoms with Gasteiger partial charge in [0.05, 0.1) is 20.8 Å². The molecule has 0 heterocycles. The van der Waals surface area contributed by atoms with E-state index in [-0.39, 0.29) is 18.3 Å². The van der Waals surface area contributed by atoms with E-state index in [1.54, 1.807) is 20.1 Å². The zero-order chi connectivity index (χ0) is 19.8. The van der Waals surface area contributed by atoms with Gasteiger partial charge in [-0.2, -0.15) is 0 Å². The topological polar surface area (TPSA) is 76.7 Å². The molecule has 0 aliphatic rings. The molecule has 1 amide bonds. The van der Waals surface area contributed by atoms with Crippen LogP contribution >= 0.6 is 0 Å². The van der Waals surface area contributed by atoms with Gasteiger partial charge in [0, 0.05) is 6.54 Å². The van der Waals surface area contributed by atoms with Gasteiger partial charge in [-0.15, -0.1) is 0 Å². The Bertz CT molecular complexity index is 793. The van der Waals surface area contributed by atoms with Crippen LogP contribution in [0.2, 0.25) is 0 Å². The van der Waals surface area contributed by atoms with Crippen molar-refractivity contribution in [2.45, 2.75) is 19.5 Å². The molecule has 2 N–H and O–H groups in total. The first kappa shape index (κ1) is 20.4. The molecule has 2 rings (SSSR count). The lowest BCUT2D eigenvalue weighted by Crippen LogP contribution is -2.38. The maximum atomic E-state index is 13.5. The quantitative estimate of drug-likeness (QED) is 0.693. The molecule has 0 spiro atoms. The van der Waals surface area contributed by atoms with Crippen LogP contribution in [0.15, 0.2) is 42.5 Å². The fourth-order valence-corrected chi connectivity index (χ4v) is 2.50. The van der Waals surface area contributed by atoms with Crippen LogP contribution in [0, 0.1) is 12.7 Å². The van der Waals surface area contributed by atoms with E-state index in [2.05, 4.69) is 10.6 Å². The molecule has 0 unspecified atom stereocenters. The molecule has 0 aliphatic carbocycles. The maximum absolute atomic E-state index is 13.5. The predicted octanol–water partition coefficient (Wildman–Crippen LogP) is 2.26. The van der Waals surface area contributed by atoms with Crippen LogP contribution in [0.4, 0.5) is 4.39 Å². The molecular formula is C20H23FN2O4. The molecule has 6 nitrogen and oxygen atoms in total. The third-order valence-corrected chi connectivity index (χ3v) is 4.07. The predicted molar refractivity (Wildman–Crippen MR) is 98.7 cm³/mol. The van der Waals surface area contributed by atoms with Gasteiger partial charge in [-0.3, -0.25) is 10.1 Å². The highest BCUT2D eigenvalue weighted by Gasteiger charge is 2.22. The van der Waals surface area contributed by atoms with Crippen molar-refractivity contribution in [3.8, 4) is 5.75 Å². The first-order chi connectivity index (χ1) is 12.9. The summed E-state index contributed by atoms with van der Waals surface area (Å²) in [4.78, 5) is 24.1. The number of amides is 1. The van der Waals surface area contributed by atoms with E-state index in [1.165, 1.54) is 19.2 Å². The Morgan fingerprint density at radius 1 is 1.11 bits per heavy atom. The minimum Gasteiger partial charge on any atom is -0.497 e. The van der Waals surface area contributed by atoms with Gasteiger partial charge in [-0.05, 0) is 41.8 Å². The van der Waals surface area contributed by atoms with E-state index < -0.39 is 12.0 Å². The number of hydrogen-bond acceptors (Lipinski definition) is 5. The second-order valence-corrected chi connectivity index (χ2v) is 5.97. The van der Waals surface area contributed by atoms with Crippen LogP contribution in [-0.2, 0) is 20.9 Å². The van der Waals surface area contributed by atoms with Gasteiger partial charge in [0.2, 0.25) is 5.91 Å². The van der Waals surface area contributed by atoms with Gasteiger partial charge in [0.15, 0.2) is 0 Å². The van der Waals surface area contributed by atoms with Crippen molar-refractivity contribution < 1.29 is 23.5 Å². The molecule has 0 saturated carbocycles. The molecule has 0 aliphatic heterocycles. The first-order valence-corrected chi connectivity index (χ1v) is 8.41. The fraction of sp³-hybridized carbons (Fsp3) is 0.300. The molecule has 0 bridgehead atoms. The number of carbonyl (C=O) groups excluding carboxylic acids is 2. The zero-order valence-electron chi connectivity index (χ0n) is 15.5. The summed E-state index contributed by atoms with van der Waals surface area (Å²) in [5.41, 5.74) is 1.86. The van der Waals surface area contributed by atoms with Crippen molar-refractivity contribution in [3.63, 3.8) is 0 Å². The van der Waals surface area contributed by atoms with E-state index in [4.69, 9.17) is 9.47 Å². The monoisotopic (exact) mass is 374 g/mol. The average molecular weight is 374 g/mol. The molecule has 2 aromatic rings. The van der Waals surface area contributed by atoms with E-state index in [9.17, 15) is 14.0 Å². The number of benzene rings is 2. The van der Waals surface area contributed by atoms with E-state index >= 15 is 0 Å². The van der Waals surface area contributed by atoms with Crippen LogP contribution in [0.1, 0.15) is 22.7 Å². The van der Waals surface area contributed by atoms with Gasteiger partial charge < -0.3 is 14.8 Å². The Kier molecular flexibility index (Phi) is 7.31. The Hall–Kier alpha value is -2.93. The summed E-state index contributed by atoms with van der Waals surface area (Å²) in [5.74, 6) is -0.454. The third-order valence-electron chi connectivity index (χ3n) is 4.07. The molecule has 1 atom stereocenters.